The Morgan fingerprint density at radius 3 is 2.36 bits per heavy atom. The van der Waals surface area contributed by atoms with Gasteiger partial charge in [-0.3, -0.25) is 0 Å². The number of hydrogen-bond donors (Lipinski definition) is 2. The molecule has 0 aromatic carbocycles. The van der Waals surface area contributed by atoms with Crippen molar-refractivity contribution in [1.29, 1.82) is 0 Å². The van der Waals surface area contributed by atoms with E-state index < -0.39 is 45.0 Å². The molecule has 8 nitrogen and oxygen atoms in total. The highest BCUT2D eigenvalue weighted by Crippen LogP contribution is 2.32. The molecule has 0 bridgehead atoms. The van der Waals surface area contributed by atoms with E-state index in [1.165, 1.54) is 13.8 Å². The van der Waals surface area contributed by atoms with Gasteiger partial charge in [0, 0.05) is 11.3 Å². The number of carbonyl (C=O) groups excluding carboxylic acids is 2. The second kappa shape index (κ2) is 9.12. The highest BCUT2D eigenvalue weighted by Gasteiger charge is 2.41. The molecule has 1 rings (SSSR count). The molecule has 0 spiro atoms. The van der Waals surface area contributed by atoms with Crippen LogP contribution in [0.15, 0.2) is 11.2 Å². The number of nitrogens with two attached hydrogens (primary N) is 2. The highest BCUT2D eigenvalue weighted by molar-refractivity contribution is 6.53. The Morgan fingerprint density at radius 2 is 1.89 bits per heavy atom. The number of nitrogens with zero attached hydrogens (tertiary/aromatic N) is 2. The van der Waals surface area contributed by atoms with Crippen LogP contribution in [0, 0.1) is 6.92 Å². The van der Waals surface area contributed by atoms with Gasteiger partial charge in [-0.1, -0.05) is 16.8 Å². The molecule has 0 saturated heterocycles. The van der Waals surface area contributed by atoms with Gasteiger partial charge in [-0.05, 0) is 19.9 Å². The number of esters is 1. The molecule has 0 unspecified atom stereocenters. The van der Waals surface area contributed by atoms with Crippen molar-refractivity contribution >= 4 is 52.6 Å². The van der Waals surface area contributed by atoms with E-state index >= 15 is 0 Å². The van der Waals surface area contributed by atoms with Crippen LogP contribution in [-0.4, -0.2) is 39.2 Å². The van der Waals surface area contributed by atoms with E-state index in [1.807, 2.05) is 0 Å². The summed E-state index contributed by atoms with van der Waals surface area (Å²) in [6.07, 6.45) is -4.93. The quantitative estimate of drug-likeness (QED) is 0.125. The van der Waals surface area contributed by atoms with E-state index in [2.05, 4.69) is 19.7 Å². The summed E-state index contributed by atoms with van der Waals surface area (Å²) in [5.41, 5.74) is 8.11. The van der Waals surface area contributed by atoms with Gasteiger partial charge in [0.05, 0.1) is 12.2 Å². The number of aryl methyl sites for hydroxylation is 1. The topological polar surface area (TPSA) is 130 Å². The third-order valence-electron chi connectivity index (χ3n) is 3.11. The Kier molecular flexibility index (Phi) is 7.89. The minimum Gasteiger partial charge on any atom is -0.462 e. The van der Waals surface area contributed by atoms with Gasteiger partial charge in [-0.2, -0.15) is 13.2 Å². The first-order chi connectivity index (χ1) is 12.7. The second-order valence-corrected chi connectivity index (χ2v) is 6.88. The zero-order chi connectivity index (χ0) is 21.9. The summed E-state index contributed by atoms with van der Waals surface area (Å²) in [7, 11) is 0. The molecule has 0 saturated carbocycles. The molecule has 1 atom stereocenters. The molecule has 0 aliphatic carbocycles. The number of ether oxygens (including phenoxy) is 1. The van der Waals surface area contributed by atoms with Gasteiger partial charge in [0.25, 0.3) is 0 Å². The number of rotatable bonds is 6. The Hall–Kier alpha value is -1.82. The van der Waals surface area contributed by atoms with Gasteiger partial charge in [0.2, 0.25) is 5.00 Å². The minimum atomic E-state index is -4.93. The van der Waals surface area contributed by atoms with Gasteiger partial charge in [0.1, 0.15) is 0 Å². The van der Waals surface area contributed by atoms with Crippen LogP contribution in [0.4, 0.5) is 13.2 Å². The number of hydrogen-bond acceptors (Lipinski definition) is 7. The lowest BCUT2D eigenvalue weighted by atomic mass is 10.1. The number of amidine groups is 1. The molecular weight excluding hydrogens is 452 g/mol. The lowest BCUT2D eigenvalue weighted by molar-refractivity contribution is -0.146. The Balaban J connectivity index is 3.35. The van der Waals surface area contributed by atoms with Crippen LogP contribution in [0.2, 0.25) is 0 Å². The monoisotopic (exact) mass is 464 g/mol. The number of oxime groups is 1. The van der Waals surface area contributed by atoms with E-state index in [0.29, 0.717) is 0 Å². The first-order valence-electron chi connectivity index (χ1n) is 7.30. The fourth-order valence-corrected chi connectivity index (χ4v) is 1.96. The molecule has 0 fully saturated rings. The van der Waals surface area contributed by atoms with Crippen LogP contribution in [0.1, 0.15) is 34.2 Å². The first-order valence-corrected chi connectivity index (χ1v) is 8.55. The van der Waals surface area contributed by atoms with Crippen LogP contribution in [0.5, 0.6) is 0 Å². The van der Waals surface area contributed by atoms with Crippen molar-refractivity contribution < 1.29 is 32.3 Å². The first kappa shape index (κ1) is 24.2. The molecule has 14 heteroatoms. The molecule has 1 heterocycles. The second-order valence-electron chi connectivity index (χ2n) is 5.16. The van der Waals surface area contributed by atoms with Crippen molar-refractivity contribution in [2.24, 2.45) is 16.6 Å². The fraction of sp³-hybridized carbons (Fsp3) is 0.429. The maximum Gasteiger partial charge on any atom is 0.434 e. The standard InChI is InChI=1S/C14H14Cl3F3N4O4/c1-3-27-10(25)7-4-6(5(2)23-8(7)14(18,19)20)9(21)24-28-12(26)13(17,22)11(15)16/h4,11H,3,22H2,1-2H3,(H2,21,24)/t13-/m0/s1. The maximum atomic E-state index is 13.2. The van der Waals surface area contributed by atoms with E-state index in [1.54, 1.807) is 0 Å². The molecule has 1 aromatic heterocycles. The predicted molar refractivity (Wildman–Crippen MR) is 95.0 cm³/mol. The lowest BCUT2D eigenvalue weighted by Crippen LogP contribution is -2.48. The smallest absolute Gasteiger partial charge is 0.434 e. The van der Waals surface area contributed by atoms with E-state index in [-0.39, 0.29) is 17.9 Å². The van der Waals surface area contributed by atoms with Gasteiger partial charge in [0.15, 0.2) is 16.4 Å². The van der Waals surface area contributed by atoms with E-state index in [4.69, 9.17) is 46.3 Å². The van der Waals surface area contributed by atoms with E-state index in [9.17, 15) is 22.8 Å². The molecule has 28 heavy (non-hydrogen) atoms. The summed E-state index contributed by atoms with van der Waals surface area (Å²) in [6.45, 7) is 2.41. The van der Waals surface area contributed by atoms with Crippen molar-refractivity contribution in [3.05, 3.63) is 28.6 Å². The third-order valence-corrected chi connectivity index (χ3v) is 4.39. The number of alkyl halides is 6. The third kappa shape index (κ3) is 5.60. The van der Waals surface area contributed by atoms with Gasteiger partial charge in [-0.25, -0.2) is 14.6 Å². The maximum absolute atomic E-state index is 13.2. The normalized spacial score (nSPS) is 14.6. The predicted octanol–water partition coefficient (Wildman–Crippen LogP) is 2.45. The van der Waals surface area contributed by atoms with Gasteiger partial charge < -0.3 is 21.0 Å². The largest absolute Gasteiger partial charge is 0.462 e. The van der Waals surface area contributed by atoms with Crippen molar-refractivity contribution in [3.63, 3.8) is 0 Å². The molecule has 0 aliphatic rings. The summed E-state index contributed by atoms with van der Waals surface area (Å²) in [5.74, 6) is -3.25. The highest BCUT2D eigenvalue weighted by atomic mass is 35.5. The fourth-order valence-electron chi connectivity index (χ4n) is 1.74. The van der Waals surface area contributed by atoms with Crippen LogP contribution in [0.3, 0.4) is 0 Å². The molecule has 1 aromatic rings. The zero-order valence-corrected chi connectivity index (χ0v) is 16.6. The van der Waals surface area contributed by atoms with Crippen molar-refractivity contribution in [3.8, 4) is 0 Å². The van der Waals surface area contributed by atoms with Crippen LogP contribution >= 0.6 is 34.8 Å². The number of aromatic nitrogens is 1. The summed E-state index contributed by atoms with van der Waals surface area (Å²) >= 11 is 16.4. The number of carbonyl (C=O) groups is 2. The average Bonchev–Trinajstić information content (AvgIpc) is 2.58. The van der Waals surface area contributed by atoms with Gasteiger partial charge in [-0.15, -0.1) is 23.2 Å². The molecular formula is C14H14Cl3F3N4O4. The molecule has 0 radical (unpaired) electrons. The Bertz CT molecular complexity index is 801. The number of halogens is 6. The molecule has 0 amide bonds. The molecule has 4 N–H and O–H groups in total. The summed E-state index contributed by atoms with van der Waals surface area (Å²) in [6, 6.07) is 0.762. The summed E-state index contributed by atoms with van der Waals surface area (Å²) in [4.78, 5) is 27.5. The zero-order valence-electron chi connectivity index (χ0n) is 14.3. The lowest BCUT2D eigenvalue weighted by Gasteiger charge is -2.18. The van der Waals surface area contributed by atoms with Crippen molar-refractivity contribution in [1.82, 2.24) is 4.98 Å². The van der Waals surface area contributed by atoms with E-state index in [0.717, 1.165) is 6.07 Å². The number of pyridine rings is 1. The Morgan fingerprint density at radius 1 is 1.32 bits per heavy atom. The molecule has 156 valence electrons. The molecule has 0 aliphatic heterocycles. The summed E-state index contributed by atoms with van der Waals surface area (Å²) < 4.78 is 44.1. The van der Waals surface area contributed by atoms with Crippen molar-refractivity contribution in [2.75, 3.05) is 6.61 Å². The van der Waals surface area contributed by atoms with Gasteiger partial charge >= 0.3 is 18.1 Å². The SMILES string of the molecule is CCOC(=O)c1cc(/C(N)=N/OC(=O)[C@](N)(Cl)C(Cl)Cl)c(C)nc1C(F)(F)F. The van der Waals surface area contributed by atoms with Crippen LogP contribution in [0.25, 0.3) is 0 Å². The minimum absolute atomic E-state index is 0.174. The Labute approximate surface area is 171 Å². The van der Waals surface area contributed by atoms with Crippen LogP contribution < -0.4 is 11.5 Å². The van der Waals surface area contributed by atoms with Crippen molar-refractivity contribution in [2.45, 2.75) is 29.9 Å². The van der Waals surface area contributed by atoms with Crippen LogP contribution in [-0.2, 0) is 20.5 Å². The summed E-state index contributed by atoms with van der Waals surface area (Å²) in [5, 5.41) is 3.23. The average molecular weight is 466 g/mol.